The highest BCUT2D eigenvalue weighted by atomic mass is 32.1. The van der Waals surface area contributed by atoms with Gasteiger partial charge in [-0.05, 0) is 43.0 Å². The van der Waals surface area contributed by atoms with Crippen LogP contribution in [0.5, 0.6) is 0 Å². The van der Waals surface area contributed by atoms with Crippen LogP contribution < -0.4 is 10.9 Å². The highest BCUT2D eigenvalue weighted by molar-refractivity contribution is 7.10. The third-order valence-corrected chi connectivity index (χ3v) is 3.71. The minimum absolute atomic E-state index is 0.148. The normalized spacial score (nSPS) is 10.9. The van der Waals surface area contributed by atoms with Gasteiger partial charge in [-0.15, -0.1) is 11.3 Å². The van der Waals surface area contributed by atoms with Crippen molar-refractivity contribution >= 4 is 23.3 Å². The van der Waals surface area contributed by atoms with Crippen molar-refractivity contribution in [2.75, 3.05) is 0 Å². The monoisotopic (exact) mass is 288 g/mol. The number of aromatic amines is 1. The standard InChI is InChI=1S/C15H16N2O2S/c1-10-8-11(2)17-15(19)13(10)9-16-14(18)6-5-12-4-3-7-20-12/h3-8H,9H2,1-2H3,(H,16,18)(H,17,19)/b6-5+. The van der Waals surface area contributed by atoms with Crippen molar-refractivity contribution in [1.29, 1.82) is 0 Å². The van der Waals surface area contributed by atoms with E-state index in [1.807, 2.05) is 37.4 Å². The topological polar surface area (TPSA) is 62.0 Å². The van der Waals surface area contributed by atoms with E-state index < -0.39 is 0 Å². The molecular weight excluding hydrogens is 272 g/mol. The van der Waals surface area contributed by atoms with Gasteiger partial charge in [-0.25, -0.2) is 0 Å². The summed E-state index contributed by atoms with van der Waals surface area (Å²) in [6.07, 6.45) is 3.23. The number of amides is 1. The molecule has 20 heavy (non-hydrogen) atoms. The second-order valence-corrected chi connectivity index (χ2v) is 5.49. The smallest absolute Gasteiger partial charge is 0.253 e. The minimum atomic E-state index is -0.210. The summed E-state index contributed by atoms with van der Waals surface area (Å²) < 4.78 is 0. The minimum Gasteiger partial charge on any atom is -0.348 e. The third-order valence-electron chi connectivity index (χ3n) is 2.88. The maximum atomic E-state index is 11.8. The van der Waals surface area contributed by atoms with Crippen LogP contribution in [0.25, 0.3) is 6.08 Å². The molecule has 0 aliphatic heterocycles. The lowest BCUT2D eigenvalue weighted by molar-refractivity contribution is -0.116. The van der Waals surface area contributed by atoms with Crippen molar-refractivity contribution in [3.8, 4) is 0 Å². The number of rotatable bonds is 4. The third kappa shape index (κ3) is 3.68. The number of aryl methyl sites for hydroxylation is 2. The summed E-state index contributed by atoms with van der Waals surface area (Å²) in [5, 5.41) is 4.67. The van der Waals surface area contributed by atoms with Crippen LogP contribution in [-0.2, 0) is 11.3 Å². The molecule has 5 heteroatoms. The van der Waals surface area contributed by atoms with Gasteiger partial charge in [-0.2, -0.15) is 0 Å². The zero-order chi connectivity index (χ0) is 14.5. The van der Waals surface area contributed by atoms with Crippen molar-refractivity contribution in [1.82, 2.24) is 10.3 Å². The number of nitrogens with one attached hydrogen (secondary N) is 2. The molecule has 2 heterocycles. The molecule has 1 amide bonds. The molecular formula is C15H16N2O2S. The largest absolute Gasteiger partial charge is 0.348 e. The number of aromatic nitrogens is 1. The number of pyridine rings is 1. The van der Waals surface area contributed by atoms with E-state index in [2.05, 4.69) is 10.3 Å². The van der Waals surface area contributed by atoms with Crippen molar-refractivity contribution in [2.45, 2.75) is 20.4 Å². The Kier molecular flexibility index (Phi) is 4.53. The molecule has 0 aromatic carbocycles. The molecule has 2 N–H and O–H groups in total. The van der Waals surface area contributed by atoms with Crippen molar-refractivity contribution in [3.05, 3.63) is 61.7 Å². The van der Waals surface area contributed by atoms with Gasteiger partial charge in [0.2, 0.25) is 5.91 Å². The Hall–Kier alpha value is -2.14. The molecule has 0 bridgehead atoms. The van der Waals surface area contributed by atoms with Crippen LogP contribution in [0, 0.1) is 13.8 Å². The number of H-pyrrole nitrogens is 1. The summed E-state index contributed by atoms with van der Waals surface area (Å²) in [5.41, 5.74) is 2.15. The first kappa shape index (κ1) is 14.3. The van der Waals surface area contributed by atoms with Crippen molar-refractivity contribution in [3.63, 3.8) is 0 Å². The molecule has 0 atom stereocenters. The Bertz CT molecular complexity index is 684. The molecule has 0 saturated carbocycles. The highest BCUT2D eigenvalue weighted by Gasteiger charge is 2.06. The molecule has 0 spiro atoms. The highest BCUT2D eigenvalue weighted by Crippen LogP contribution is 2.10. The lowest BCUT2D eigenvalue weighted by atomic mass is 10.1. The van der Waals surface area contributed by atoms with E-state index in [0.717, 1.165) is 16.1 Å². The summed E-state index contributed by atoms with van der Waals surface area (Å²) in [5.74, 6) is -0.210. The molecule has 104 valence electrons. The van der Waals surface area contributed by atoms with Crippen LogP contribution in [0.15, 0.2) is 34.4 Å². The van der Waals surface area contributed by atoms with Crippen molar-refractivity contribution in [2.24, 2.45) is 0 Å². The van der Waals surface area contributed by atoms with E-state index in [1.54, 1.807) is 17.4 Å². The second kappa shape index (κ2) is 6.34. The van der Waals surface area contributed by atoms with Gasteiger partial charge in [0.1, 0.15) is 0 Å². The average Bonchev–Trinajstić information content (AvgIpc) is 2.88. The summed E-state index contributed by atoms with van der Waals surface area (Å²) in [6.45, 7) is 3.93. The van der Waals surface area contributed by atoms with Gasteiger partial charge >= 0.3 is 0 Å². The first-order valence-electron chi connectivity index (χ1n) is 6.25. The lowest BCUT2D eigenvalue weighted by Crippen LogP contribution is -2.26. The van der Waals surface area contributed by atoms with E-state index in [0.29, 0.717) is 5.56 Å². The maximum Gasteiger partial charge on any atom is 0.253 e. The Balaban J connectivity index is 1.99. The van der Waals surface area contributed by atoms with Gasteiger partial charge in [0, 0.05) is 28.8 Å². The number of carbonyl (C=O) groups excluding carboxylic acids is 1. The molecule has 0 aliphatic carbocycles. The van der Waals surface area contributed by atoms with Gasteiger partial charge in [0.15, 0.2) is 0 Å². The van der Waals surface area contributed by atoms with Crippen molar-refractivity contribution < 1.29 is 4.79 Å². The molecule has 4 nitrogen and oxygen atoms in total. The molecule has 0 radical (unpaired) electrons. The first-order chi connectivity index (χ1) is 9.56. The predicted molar refractivity (Wildman–Crippen MR) is 81.7 cm³/mol. The van der Waals surface area contributed by atoms with Crippen LogP contribution >= 0.6 is 11.3 Å². The summed E-state index contributed by atoms with van der Waals surface area (Å²) >= 11 is 1.56. The van der Waals surface area contributed by atoms with Gasteiger partial charge in [-0.1, -0.05) is 6.07 Å². The fraction of sp³-hybridized carbons (Fsp3) is 0.200. The Morgan fingerprint density at radius 1 is 1.45 bits per heavy atom. The van der Waals surface area contributed by atoms with Crippen LogP contribution in [0.1, 0.15) is 21.7 Å². The molecule has 0 unspecified atom stereocenters. The van der Waals surface area contributed by atoms with Crippen LogP contribution in [0.3, 0.4) is 0 Å². The lowest BCUT2D eigenvalue weighted by Gasteiger charge is -2.06. The van der Waals surface area contributed by atoms with Gasteiger partial charge in [0.05, 0.1) is 0 Å². The number of thiophene rings is 1. The molecule has 0 saturated heterocycles. The van der Waals surface area contributed by atoms with Crippen LogP contribution in [0.4, 0.5) is 0 Å². The van der Waals surface area contributed by atoms with Gasteiger partial charge in [-0.3, -0.25) is 9.59 Å². The second-order valence-electron chi connectivity index (χ2n) is 4.51. The number of carbonyl (C=O) groups is 1. The van der Waals surface area contributed by atoms with E-state index >= 15 is 0 Å². The molecule has 2 aromatic heterocycles. The maximum absolute atomic E-state index is 11.8. The van der Waals surface area contributed by atoms with Gasteiger partial charge in [0.25, 0.3) is 5.56 Å². The summed E-state index contributed by atoms with van der Waals surface area (Å²) in [7, 11) is 0. The molecule has 0 aliphatic rings. The average molecular weight is 288 g/mol. The van der Waals surface area contributed by atoms with Gasteiger partial charge < -0.3 is 10.3 Å². The molecule has 2 rings (SSSR count). The van der Waals surface area contributed by atoms with Crippen LogP contribution in [0.2, 0.25) is 0 Å². The van der Waals surface area contributed by atoms with E-state index in [1.165, 1.54) is 6.08 Å². The molecule has 2 aromatic rings. The molecule has 0 fully saturated rings. The van der Waals surface area contributed by atoms with E-state index in [9.17, 15) is 9.59 Å². The first-order valence-corrected chi connectivity index (χ1v) is 7.13. The van der Waals surface area contributed by atoms with E-state index in [-0.39, 0.29) is 18.0 Å². The predicted octanol–water partition coefficient (Wildman–Crippen LogP) is 2.38. The Morgan fingerprint density at radius 3 is 2.90 bits per heavy atom. The zero-order valence-electron chi connectivity index (χ0n) is 11.4. The van der Waals surface area contributed by atoms with Crippen LogP contribution in [-0.4, -0.2) is 10.9 Å². The fourth-order valence-corrected chi connectivity index (χ4v) is 2.50. The zero-order valence-corrected chi connectivity index (χ0v) is 12.2. The number of hydrogen-bond donors (Lipinski definition) is 2. The number of hydrogen-bond acceptors (Lipinski definition) is 3. The van der Waals surface area contributed by atoms with E-state index in [4.69, 9.17) is 0 Å². The Labute approximate surface area is 121 Å². The quantitative estimate of drug-likeness (QED) is 0.849. The Morgan fingerprint density at radius 2 is 2.25 bits per heavy atom. The SMILES string of the molecule is Cc1cc(C)c(CNC(=O)/C=C/c2cccs2)c(=O)[nH]1. The summed E-state index contributed by atoms with van der Waals surface area (Å²) in [4.78, 5) is 27.2. The summed E-state index contributed by atoms with van der Waals surface area (Å²) in [6, 6.07) is 5.76. The fourth-order valence-electron chi connectivity index (χ4n) is 1.88.